The molecule has 0 saturated heterocycles. The maximum atomic E-state index is 13.0. The number of aliphatic carboxylic acids is 1. The van der Waals surface area contributed by atoms with Crippen LogP contribution in [0.4, 0.5) is 4.39 Å². The van der Waals surface area contributed by atoms with E-state index in [1.54, 1.807) is 0 Å². The summed E-state index contributed by atoms with van der Waals surface area (Å²) in [6.07, 6.45) is 4.65. The molecule has 1 heterocycles. The Morgan fingerprint density at radius 1 is 1.23 bits per heavy atom. The smallest absolute Gasteiger partial charge is 0.323 e. The number of carboxylic acids is 1. The van der Waals surface area contributed by atoms with Gasteiger partial charge in [0.15, 0.2) is 0 Å². The largest absolute Gasteiger partial charge is 0.480 e. The van der Waals surface area contributed by atoms with Crippen LogP contribution in [0, 0.1) is 5.82 Å². The zero-order valence-corrected chi connectivity index (χ0v) is 14.1. The molecule has 1 fully saturated rings. The van der Waals surface area contributed by atoms with Gasteiger partial charge >= 0.3 is 5.97 Å². The molecule has 2 aromatic rings. The number of halogens is 1. The van der Waals surface area contributed by atoms with Gasteiger partial charge < -0.3 is 14.7 Å². The second-order valence-electron chi connectivity index (χ2n) is 6.23. The zero-order valence-electron chi connectivity index (χ0n) is 14.1. The maximum absolute atomic E-state index is 13.0. The van der Waals surface area contributed by atoms with Crippen LogP contribution in [0.15, 0.2) is 42.6 Å². The normalized spacial score (nSPS) is 13.7. The molecule has 0 unspecified atom stereocenters. The van der Waals surface area contributed by atoms with Crippen molar-refractivity contribution in [2.45, 2.75) is 31.9 Å². The SMILES string of the molecule is O=C(O)CN(Cc1ccc(F)cc1)C(=O)c1ccnc(OC2CCC2)c1. The van der Waals surface area contributed by atoms with E-state index in [4.69, 9.17) is 9.84 Å². The van der Waals surface area contributed by atoms with Crippen LogP contribution in [0.25, 0.3) is 0 Å². The average Bonchev–Trinajstić information content (AvgIpc) is 2.59. The lowest BCUT2D eigenvalue weighted by Gasteiger charge is -2.26. The van der Waals surface area contributed by atoms with Crippen molar-refractivity contribution in [3.63, 3.8) is 0 Å². The number of aromatic nitrogens is 1. The van der Waals surface area contributed by atoms with E-state index in [-0.39, 0.29) is 12.6 Å². The summed E-state index contributed by atoms with van der Waals surface area (Å²) < 4.78 is 18.7. The van der Waals surface area contributed by atoms with Crippen LogP contribution in [0.5, 0.6) is 5.88 Å². The fourth-order valence-corrected chi connectivity index (χ4v) is 2.62. The number of ether oxygens (including phenoxy) is 1. The predicted molar refractivity (Wildman–Crippen MR) is 91.3 cm³/mol. The predicted octanol–water partition coefficient (Wildman–Crippen LogP) is 2.88. The fraction of sp³-hybridized carbons (Fsp3) is 0.316. The molecule has 3 rings (SSSR count). The molecule has 26 heavy (non-hydrogen) atoms. The van der Waals surface area contributed by atoms with Crippen LogP contribution in [0.2, 0.25) is 0 Å². The maximum Gasteiger partial charge on any atom is 0.323 e. The minimum Gasteiger partial charge on any atom is -0.480 e. The van der Waals surface area contributed by atoms with Gasteiger partial charge in [0.05, 0.1) is 0 Å². The third-order valence-corrected chi connectivity index (χ3v) is 4.22. The minimum atomic E-state index is -1.12. The van der Waals surface area contributed by atoms with Crippen molar-refractivity contribution in [2.24, 2.45) is 0 Å². The van der Waals surface area contributed by atoms with Gasteiger partial charge in [-0.1, -0.05) is 12.1 Å². The second kappa shape index (κ2) is 7.95. The van der Waals surface area contributed by atoms with Crippen LogP contribution in [0.1, 0.15) is 35.2 Å². The fourth-order valence-electron chi connectivity index (χ4n) is 2.62. The molecule has 136 valence electrons. The third kappa shape index (κ3) is 4.56. The van der Waals surface area contributed by atoms with Crippen molar-refractivity contribution in [1.29, 1.82) is 0 Å². The molecule has 1 aromatic carbocycles. The Hall–Kier alpha value is -2.96. The Balaban J connectivity index is 1.76. The lowest BCUT2D eigenvalue weighted by Crippen LogP contribution is -2.35. The van der Waals surface area contributed by atoms with E-state index >= 15 is 0 Å². The highest BCUT2D eigenvalue weighted by atomic mass is 19.1. The summed E-state index contributed by atoms with van der Waals surface area (Å²) in [5, 5.41) is 9.12. The number of hydrogen-bond acceptors (Lipinski definition) is 4. The van der Waals surface area contributed by atoms with Crippen molar-refractivity contribution < 1.29 is 23.8 Å². The van der Waals surface area contributed by atoms with Crippen molar-refractivity contribution in [2.75, 3.05) is 6.54 Å². The third-order valence-electron chi connectivity index (χ3n) is 4.22. The van der Waals surface area contributed by atoms with Crippen molar-refractivity contribution in [1.82, 2.24) is 9.88 Å². The summed E-state index contributed by atoms with van der Waals surface area (Å²) >= 11 is 0. The highest BCUT2D eigenvalue weighted by Crippen LogP contribution is 2.24. The number of hydrogen-bond donors (Lipinski definition) is 1. The minimum absolute atomic E-state index is 0.0621. The van der Waals surface area contributed by atoms with Crippen LogP contribution in [-0.2, 0) is 11.3 Å². The zero-order chi connectivity index (χ0) is 18.5. The molecule has 0 radical (unpaired) electrons. The quantitative estimate of drug-likeness (QED) is 0.823. The summed E-state index contributed by atoms with van der Waals surface area (Å²) in [4.78, 5) is 29.2. The van der Waals surface area contributed by atoms with Crippen LogP contribution < -0.4 is 4.74 Å². The Labute approximate surface area is 150 Å². The first-order valence-electron chi connectivity index (χ1n) is 8.39. The highest BCUT2D eigenvalue weighted by Gasteiger charge is 2.22. The Morgan fingerprint density at radius 2 is 1.96 bits per heavy atom. The Kier molecular flexibility index (Phi) is 5.46. The summed E-state index contributed by atoms with van der Waals surface area (Å²) in [7, 11) is 0. The van der Waals surface area contributed by atoms with E-state index in [1.807, 2.05) is 0 Å². The van der Waals surface area contributed by atoms with Gasteiger partial charge in [0, 0.05) is 24.4 Å². The van der Waals surface area contributed by atoms with Gasteiger partial charge in [0.1, 0.15) is 18.5 Å². The van der Waals surface area contributed by atoms with Gasteiger partial charge in [-0.3, -0.25) is 9.59 Å². The molecule has 7 heteroatoms. The van der Waals surface area contributed by atoms with Crippen molar-refractivity contribution in [3.05, 3.63) is 59.5 Å². The monoisotopic (exact) mass is 358 g/mol. The van der Waals surface area contributed by atoms with Crippen molar-refractivity contribution in [3.8, 4) is 5.88 Å². The van der Waals surface area contributed by atoms with Gasteiger partial charge in [-0.25, -0.2) is 9.37 Å². The number of carbonyl (C=O) groups excluding carboxylic acids is 1. The van der Waals surface area contributed by atoms with Gasteiger partial charge in [0.2, 0.25) is 5.88 Å². The van der Waals surface area contributed by atoms with E-state index in [0.717, 1.165) is 19.3 Å². The summed E-state index contributed by atoms with van der Waals surface area (Å²) in [5.74, 6) is -1.60. The number of pyridine rings is 1. The Morgan fingerprint density at radius 3 is 2.58 bits per heavy atom. The standard InChI is InChI=1S/C19H19FN2O4/c20-15-6-4-13(5-7-15)11-22(12-18(23)24)19(25)14-8-9-21-17(10-14)26-16-2-1-3-16/h4-10,16H,1-3,11-12H2,(H,23,24). The molecule has 6 nitrogen and oxygen atoms in total. The molecule has 0 atom stereocenters. The van der Waals surface area contributed by atoms with Crippen LogP contribution in [-0.4, -0.2) is 39.5 Å². The Bertz CT molecular complexity index is 790. The number of carboxylic acid groups (broad SMARTS) is 1. The molecule has 0 aliphatic heterocycles. The van der Waals surface area contributed by atoms with Gasteiger partial charge in [-0.15, -0.1) is 0 Å². The van der Waals surface area contributed by atoms with E-state index in [9.17, 15) is 14.0 Å². The molecule has 1 saturated carbocycles. The number of amides is 1. The molecule has 0 bridgehead atoms. The number of nitrogens with zero attached hydrogens (tertiary/aromatic N) is 2. The number of benzene rings is 1. The molecular weight excluding hydrogens is 339 g/mol. The summed E-state index contributed by atoms with van der Waals surface area (Å²) in [6, 6.07) is 8.64. The number of rotatable bonds is 7. The van der Waals surface area contributed by atoms with Gasteiger partial charge in [-0.05, 0) is 43.0 Å². The first-order valence-corrected chi connectivity index (χ1v) is 8.39. The molecule has 1 aromatic heterocycles. The highest BCUT2D eigenvalue weighted by molar-refractivity contribution is 5.96. The summed E-state index contributed by atoms with van der Waals surface area (Å²) in [6.45, 7) is -0.399. The summed E-state index contributed by atoms with van der Waals surface area (Å²) in [5.41, 5.74) is 0.943. The van der Waals surface area contributed by atoms with Crippen LogP contribution >= 0.6 is 0 Å². The van der Waals surface area contributed by atoms with Gasteiger partial charge in [-0.2, -0.15) is 0 Å². The second-order valence-corrected chi connectivity index (χ2v) is 6.23. The average molecular weight is 358 g/mol. The molecular formula is C19H19FN2O4. The molecule has 1 aliphatic carbocycles. The van der Waals surface area contributed by atoms with E-state index in [1.165, 1.54) is 47.5 Å². The molecule has 1 aliphatic rings. The molecule has 1 N–H and O–H groups in total. The van der Waals surface area contributed by atoms with E-state index < -0.39 is 24.2 Å². The lowest BCUT2D eigenvalue weighted by atomic mass is 9.96. The first kappa shape index (κ1) is 17.8. The van der Waals surface area contributed by atoms with E-state index in [2.05, 4.69) is 4.98 Å². The van der Waals surface area contributed by atoms with Crippen molar-refractivity contribution >= 4 is 11.9 Å². The van der Waals surface area contributed by atoms with Gasteiger partial charge in [0.25, 0.3) is 5.91 Å². The van der Waals surface area contributed by atoms with E-state index in [0.29, 0.717) is 17.0 Å². The topological polar surface area (TPSA) is 79.7 Å². The lowest BCUT2D eigenvalue weighted by molar-refractivity contribution is -0.137. The number of carbonyl (C=O) groups is 2. The first-order chi connectivity index (χ1) is 12.5. The molecule has 0 spiro atoms. The van der Waals surface area contributed by atoms with Crippen LogP contribution in [0.3, 0.4) is 0 Å². The molecule has 1 amide bonds.